The highest BCUT2D eigenvalue weighted by atomic mass is 19.4. The van der Waals surface area contributed by atoms with E-state index in [9.17, 15) is 18.0 Å². The maximum absolute atomic E-state index is 15.1. The molecule has 210 valence electrons. The van der Waals surface area contributed by atoms with Gasteiger partial charge >= 0.3 is 6.18 Å². The Morgan fingerprint density at radius 2 is 1.80 bits per heavy atom. The van der Waals surface area contributed by atoms with Crippen LogP contribution in [0.1, 0.15) is 28.4 Å². The number of nitrogens with zero attached hydrogens (tertiary/aromatic N) is 4. The number of piperazine rings is 1. The summed E-state index contributed by atoms with van der Waals surface area (Å²) in [6, 6.07) is 10.5. The van der Waals surface area contributed by atoms with Gasteiger partial charge < -0.3 is 20.4 Å². The summed E-state index contributed by atoms with van der Waals surface area (Å²) in [6.45, 7) is 6.13. The molecule has 0 radical (unpaired) electrons. The van der Waals surface area contributed by atoms with E-state index in [1.165, 1.54) is 12.3 Å². The van der Waals surface area contributed by atoms with E-state index < -0.39 is 29.0 Å². The van der Waals surface area contributed by atoms with Crippen molar-refractivity contribution in [3.05, 3.63) is 71.2 Å². The van der Waals surface area contributed by atoms with Crippen molar-refractivity contribution in [3.8, 4) is 11.3 Å². The first kappa shape index (κ1) is 27.5. The number of fused-ring (bicyclic) bond motifs is 1. The van der Waals surface area contributed by atoms with Gasteiger partial charge in [-0.15, -0.1) is 0 Å². The Hall–Kier alpha value is -4.03. The number of carbonyl (C=O) groups is 1. The van der Waals surface area contributed by atoms with Gasteiger partial charge in [0.15, 0.2) is 5.82 Å². The number of hydrogen-bond acceptors (Lipinski definition) is 6. The first-order valence-corrected chi connectivity index (χ1v) is 12.9. The second-order valence-corrected chi connectivity index (χ2v) is 9.76. The maximum Gasteiger partial charge on any atom is 0.417 e. The molecule has 0 atom stereocenters. The van der Waals surface area contributed by atoms with Crippen molar-refractivity contribution >= 4 is 28.3 Å². The van der Waals surface area contributed by atoms with Crippen LogP contribution >= 0.6 is 0 Å². The van der Waals surface area contributed by atoms with Crippen LogP contribution in [0.2, 0.25) is 0 Å². The molecule has 12 heteroatoms. The van der Waals surface area contributed by atoms with E-state index in [0.29, 0.717) is 23.0 Å². The summed E-state index contributed by atoms with van der Waals surface area (Å²) >= 11 is 0. The third-order valence-electron chi connectivity index (χ3n) is 6.97. The van der Waals surface area contributed by atoms with Crippen LogP contribution in [0.5, 0.6) is 0 Å². The van der Waals surface area contributed by atoms with Gasteiger partial charge in [-0.2, -0.15) is 18.3 Å². The number of amides is 1. The third-order valence-corrected chi connectivity index (χ3v) is 6.97. The Morgan fingerprint density at radius 1 is 1.07 bits per heavy atom. The smallest absolute Gasteiger partial charge is 0.369 e. The van der Waals surface area contributed by atoms with E-state index in [0.717, 1.165) is 44.0 Å². The van der Waals surface area contributed by atoms with Gasteiger partial charge in [0.2, 0.25) is 0 Å². The normalized spacial score (nSPS) is 14.6. The summed E-state index contributed by atoms with van der Waals surface area (Å²) < 4.78 is 57.1. The monoisotopic (exact) mass is 555 g/mol. The standard InChI is InChI=1S/C28H29F4N7O/c1-3-33-15-17-12-21(28(30,31)32)25(22(29)13-17)23-14-20-24(16-34-23)36-37-26(20)35-27(40)18-4-6-19(7-5-18)39-10-8-38(2)9-11-39/h4-7,12-14,16,33H,3,8-11,15H2,1-2H3,(H2,35,36,37,40). The minimum Gasteiger partial charge on any atom is -0.369 e. The van der Waals surface area contributed by atoms with Crippen molar-refractivity contribution in [2.75, 3.05) is 50.0 Å². The third kappa shape index (κ3) is 5.77. The SMILES string of the molecule is CCNCc1cc(F)c(-c2cc3c(NC(=O)c4ccc(N5CCN(C)CC5)cc4)n[nH]c3cn2)c(C(F)(F)F)c1. The van der Waals surface area contributed by atoms with Crippen LogP contribution in [0.25, 0.3) is 22.2 Å². The number of aromatic amines is 1. The van der Waals surface area contributed by atoms with Gasteiger partial charge in [0.05, 0.1) is 23.0 Å². The number of hydrogen-bond donors (Lipinski definition) is 3. The van der Waals surface area contributed by atoms with Crippen LogP contribution in [0.15, 0.2) is 48.7 Å². The van der Waals surface area contributed by atoms with Crippen LogP contribution in [0.3, 0.4) is 0 Å². The van der Waals surface area contributed by atoms with E-state index >= 15 is 4.39 Å². The van der Waals surface area contributed by atoms with Crippen molar-refractivity contribution in [1.82, 2.24) is 25.4 Å². The van der Waals surface area contributed by atoms with Gasteiger partial charge in [0, 0.05) is 54.9 Å². The molecule has 2 aromatic heterocycles. The molecule has 3 N–H and O–H groups in total. The zero-order valence-electron chi connectivity index (χ0n) is 22.1. The number of halogens is 4. The fourth-order valence-corrected chi connectivity index (χ4v) is 4.73. The Labute approximate surface area is 228 Å². The lowest BCUT2D eigenvalue weighted by atomic mass is 9.98. The summed E-state index contributed by atoms with van der Waals surface area (Å²) in [5.74, 6) is -1.37. The molecule has 5 rings (SSSR count). The van der Waals surface area contributed by atoms with Crippen molar-refractivity contribution in [2.45, 2.75) is 19.6 Å². The molecular weight excluding hydrogens is 526 g/mol. The molecule has 1 aliphatic rings. The highest BCUT2D eigenvalue weighted by Crippen LogP contribution is 2.39. The number of anilines is 2. The summed E-state index contributed by atoms with van der Waals surface area (Å²) in [7, 11) is 2.08. The zero-order valence-corrected chi connectivity index (χ0v) is 22.1. The second kappa shape index (κ2) is 11.2. The number of pyridine rings is 1. The van der Waals surface area contributed by atoms with Crippen molar-refractivity contribution in [2.24, 2.45) is 0 Å². The highest BCUT2D eigenvalue weighted by Gasteiger charge is 2.36. The molecule has 2 aromatic carbocycles. The first-order chi connectivity index (χ1) is 19.1. The van der Waals surface area contributed by atoms with Crippen LogP contribution in [0.4, 0.5) is 29.1 Å². The predicted molar refractivity (Wildman–Crippen MR) is 146 cm³/mol. The molecule has 0 saturated carbocycles. The molecule has 1 aliphatic heterocycles. The molecular formula is C28H29F4N7O. The summed E-state index contributed by atoms with van der Waals surface area (Å²) in [4.78, 5) is 21.6. The zero-order chi connectivity index (χ0) is 28.4. The maximum atomic E-state index is 15.1. The molecule has 0 unspecified atom stereocenters. The number of likely N-dealkylation sites (N-methyl/N-ethyl adjacent to an activating group) is 1. The molecule has 0 bridgehead atoms. The molecule has 0 aliphatic carbocycles. The van der Waals surface area contributed by atoms with Crippen LogP contribution < -0.4 is 15.5 Å². The average molecular weight is 556 g/mol. The molecule has 0 spiro atoms. The van der Waals surface area contributed by atoms with Crippen LogP contribution in [-0.4, -0.2) is 65.8 Å². The number of aromatic nitrogens is 3. The van der Waals surface area contributed by atoms with Gasteiger partial charge in [-0.05, 0) is 61.6 Å². The molecule has 1 fully saturated rings. The van der Waals surface area contributed by atoms with E-state index in [1.54, 1.807) is 19.1 Å². The van der Waals surface area contributed by atoms with Gasteiger partial charge in [0.25, 0.3) is 5.91 Å². The van der Waals surface area contributed by atoms with Crippen LogP contribution in [-0.2, 0) is 12.7 Å². The summed E-state index contributed by atoms with van der Waals surface area (Å²) in [6.07, 6.45) is -3.54. The number of alkyl halides is 3. The number of nitrogens with one attached hydrogen (secondary N) is 3. The molecule has 1 amide bonds. The fraction of sp³-hybridized carbons (Fsp3) is 0.321. The average Bonchev–Trinajstić information content (AvgIpc) is 3.33. The first-order valence-electron chi connectivity index (χ1n) is 12.9. The van der Waals surface area contributed by atoms with Gasteiger partial charge in [-0.1, -0.05) is 6.92 Å². The Bertz CT molecular complexity index is 1510. The van der Waals surface area contributed by atoms with Crippen LogP contribution in [0, 0.1) is 5.82 Å². The number of rotatable bonds is 7. The number of benzene rings is 2. The van der Waals surface area contributed by atoms with E-state index in [-0.39, 0.29) is 23.6 Å². The molecule has 4 aromatic rings. The largest absolute Gasteiger partial charge is 0.417 e. The van der Waals surface area contributed by atoms with E-state index in [4.69, 9.17) is 0 Å². The Morgan fingerprint density at radius 3 is 2.48 bits per heavy atom. The summed E-state index contributed by atoms with van der Waals surface area (Å²) in [5.41, 5.74) is -0.0432. The van der Waals surface area contributed by atoms with Gasteiger partial charge in [-0.25, -0.2) is 4.39 Å². The quantitative estimate of drug-likeness (QED) is 0.281. The minimum atomic E-state index is -4.81. The summed E-state index contributed by atoms with van der Waals surface area (Å²) in [5, 5.41) is 12.7. The van der Waals surface area contributed by atoms with Crippen molar-refractivity contribution in [1.29, 1.82) is 0 Å². The minimum absolute atomic E-state index is 0.0948. The molecule has 3 heterocycles. The lowest BCUT2D eigenvalue weighted by molar-refractivity contribution is -0.137. The van der Waals surface area contributed by atoms with Crippen molar-refractivity contribution < 1.29 is 22.4 Å². The van der Waals surface area contributed by atoms with E-state index in [1.807, 2.05) is 12.1 Å². The topological polar surface area (TPSA) is 89.2 Å². The highest BCUT2D eigenvalue weighted by molar-refractivity contribution is 6.08. The lowest BCUT2D eigenvalue weighted by Crippen LogP contribution is -2.44. The number of carbonyl (C=O) groups excluding carboxylic acids is 1. The molecule has 40 heavy (non-hydrogen) atoms. The molecule has 8 nitrogen and oxygen atoms in total. The predicted octanol–water partition coefficient (Wildman–Crippen LogP) is 4.90. The van der Waals surface area contributed by atoms with Gasteiger partial charge in [0.1, 0.15) is 5.82 Å². The fourth-order valence-electron chi connectivity index (χ4n) is 4.73. The van der Waals surface area contributed by atoms with Crippen molar-refractivity contribution in [3.63, 3.8) is 0 Å². The lowest BCUT2D eigenvalue weighted by Gasteiger charge is -2.34. The van der Waals surface area contributed by atoms with E-state index in [2.05, 4.69) is 42.7 Å². The van der Waals surface area contributed by atoms with Gasteiger partial charge in [-0.3, -0.25) is 14.9 Å². The Kier molecular flexibility index (Phi) is 7.72. The Balaban J connectivity index is 1.42. The molecule has 1 saturated heterocycles. The number of H-pyrrole nitrogens is 1. The second-order valence-electron chi connectivity index (χ2n) is 9.76.